The molecule has 1 saturated heterocycles. The summed E-state index contributed by atoms with van der Waals surface area (Å²) >= 11 is 0. The van der Waals surface area contributed by atoms with Crippen molar-refractivity contribution in [2.24, 2.45) is 5.92 Å². The molecule has 7 nitrogen and oxygen atoms in total. The lowest BCUT2D eigenvalue weighted by Gasteiger charge is -2.30. The number of carbonyl (C=O) groups excluding carboxylic acids is 1. The molecule has 29 heavy (non-hydrogen) atoms. The number of amides is 1. The molecule has 8 heteroatoms. The van der Waals surface area contributed by atoms with Crippen LogP contribution in [0.15, 0.2) is 47.4 Å². The maximum Gasteiger partial charge on any atom is 0.243 e. The Morgan fingerprint density at radius 2 is 1.69 bits per heavy atom. The van der Waals surface area contributed by atoms with Crippen molar-refractivity contribution in [3.63, 3.8) is 0 Å². The third kappa shape index (κ3) is 4.71. The van der Waals surface area contributed by atoms with E-state index in [1.54, 1.807) is 56.7 Å². The van der Waals surface area contributed by atoms with Crippen LogP contribution in [0.2, 0.25) is 0 Å². The highest BCUT2D eigenvalue weighted by Crippen LogP contribution is 2.28. The van der Waals surface area contributed by atoms with Crippen molar-refractivity contribution in [1.29, 1.82) is 0 Å². The Balaban J connectivity index is 1.61. The lowest BCUT2D eigenvalue weighted by molar-refractivity contribution is -0.120. The van der Waals surface area contributed by atoms with Crippen LogP contribution < -0.4 is 14.8 Å². The maximum atomic E-state index is 12.9. The van der Waals surface area contributed by atoms with Gasteiger partial charge in [-0.25, -0.2) is 8.42 Å². The van der Waals surface area contributed by atoms with E-state index in [2.05, 4.69) is 5.32 Å². The first-order chi connectivity index (χ1) is 13.8. The number of methoxy groups -OCH3 is 2. The molecule has 0 radical (unpaired) electrons. The largest absolute Gasteiger partial charge is 0.497 e. The predicted molar refractivity (Wildman–Crippen MR) is 111 cm³/mol. The van der Waals surface area contributed by atoms with Crippen molar-refractivity contribution in [2.45, 2.75) is 24.7 Å². The van der Waals surface area contributed by atoms with E-state index < -0.39 is 10.0 Å². The molecule has 1 amide bonds. The molecule has 0 spiro atoms. The van der Waals surface area contributed by atoms with Gasteiger partial charge in [-0.1, -0.05) is 0 Å². The fraction of sp³-hybridized carbons (Fsp3) is 0.381. The topological polar surface area (TPSA) is 84.9 Å². The fourth-order valence-corrected chi connectivity index (χ4v) is 4.99. The van der Waals surface area contributed by atoms with Crippen molar-refractivity contribution in [1.82, 2.24) is 4.31 Å². The summed E-state index contributed by atoms with van der Waals surface area (Å²) in [6.45, 7) is 2.44. The third-order valence-electron chi connectivity index (χ3n) is 5.19. The second kappa shape index (κ2) is 8.84. The van der Waals surface area contributed by atoms with Crippen molar-refractivity contribution in [3.8, 4) is 11.5 Å². The summed E-state index contributed by atoms with van der Waals surface area (Å²) in [5.74, 6) is 1.06. The van der Waals surface area contributed by atoms with Gasteiger partial charge in [-0.05, 0) is 67.8 Å². The Morgan fingerprint density at radius 3 is 2.24 bits per heavy atom. The van der Waals surface area contributed by atoms with E-state index in [1.807, 2.05) is 6.92 Å². The number of piperidine rings is 1. The number of hydrogen-bond donors (Lipinski definition) is 1. The first kappa shape index (κ1) is 21.1. The molecule has 3 rings (SSSR count). The van der Waals surface area contributed by atoms with Gasteiger partial charge in [0.1, 0.15) is 11.5 Å². The standard InChI is InChI=1S/C21H26N2O5S/c1-15-14-19(8-9-20(15)28-3)29(25,26)23-12-10-16(11-13-23)21(24)22-17-4-6-18(27-2)7-5-17/h4-9,14,16H,10-13H2,1-3H3,(H,22,24). The molecule has 1 N–H and O–H groups in total. The number of aryl methyl sites for hydroxylation is 1. The summed E-state index contributed by atoms with van der Waals surface area (Å²) in [6.07, 6.45) is 0.965. The molecule has 2 aromatic rings. The normalized spacial score (nSPS) is 15.7. The summed E-state index contributed by atoms with van der Waals surface area (Å²) in [6, 6.07) is 12.0. The lowest BCUT2D eigenvalue weighted by Crippen LogP contribution is -2.41. The highest BCUT2D eigenvalue weighted by molar-refractivity contribution is 7.89. The Morgan fingerprint density at radius 1 is 1.03 bits per heavy atom. The van der Waals surface area contributed by atoms with Gasteiger partial charge >= 0.3 is 0 Å². The molecule has 1 aliphatic rings. The Kier molecular flexibility index (Phi) is 6.44. The van der Waals surface area contributed by atoms with Gasteiger partial charge in [-0.2, -0.15) is 4.31 Å². The van der Waals surface area contributed by atoms with E-state index in [0.717, 1.165) is 11.3 Å². The molecule has 0 aliphatic carbocycles. The molecule has 0 unspecified atom stereocenters. The molecule has 0 saturated carbocycles. The number of rotatable bonds is 6. The predicted octanol–water partition coefficient (Wildman–Crippen LogP) is 3.05. The van der Waals surface area contributed by atoms with E-state index in [0.29, 0.717) is 37.4 Å². The quantitative estimate of drug-likeness (QED) is 0.779. The summed E-state index contributed by atoms with van der Waals surface area (Å²) in [5, 5.41) is 2.89. The van der Waals surface area contributed by atoms with E-state index in [-0.39, 0.29) is 16.7 Å². The van der Waals surface area contributed by atoms with Gasteiger partial charge in [-0.15, -0.1) is 0 Å². The summed E-state index contributed by atoms with van der Waals surface area (Å²) in [5.41, 5.74) is 1.46. The number of anilines is 1. The Labute approximate surface area is 171 Å². The van der Waals surface area contributed by atoms with Gasteiger partial charge in [0, 0.05) is 24.7 Å². The number of nitrogens with one attached hydrogen (secondary N) is 1. The highest BCUT2D eigenvalue weighted by atomic mass is 32.2. The highest BCUT2D eigenvalue weighted by Gasteiger charge is 2.32. The van der Waals surface area contributed by atoms with Crippen molar-refractivity contribution in [2.75, 3.05) is 32.6 Å². The Bertz CT molecular complexity index is 965. The summed E-state index contributed by atoms with van der Waals surface area (Å²) < 4.78 is 37.6. The van der Waals surface area contributed by atoms with Crippen LogP contribution in [0.4, 0.5) is 5.69 Å². The lowest BCUT2D eigenvalue weighted by atomic mass is 9.97. The van der Waals surface area contributed by atoms with Crippen LogP contribution in [0.5, 0.6) is 11.5 Å². The second-order valence-electron chi connectivity index (χ2n) is 7.03. The van der Waals surface area contributed by atoms with Crippen molar-refractivity contribution >= 4 is 21.6 Å². The molecular weight excluding hydrogens is 392 g/mol. The fourth-order valence-electron chi connectivity index (χ4n) is 3.44. The van der Waals surface area contributed by atoms with E-state index in [9.17, 15) is 13.2 Å². The minimum Gasteiger partial charge on any atom is -0.497 e. The zero-order valence-corrected chi connectivity index (χ0v) is 17.7. The maximum absolute atomic E-state index is 12.9. The smallest absolute Gasteiger partial charge is 0.243 e. The number of benzene rings is 2. The summed E-state index contributed by atoms with van der Waals surface area (Å²) in [7, 11) is -0.453. The van der Waals surface area contributed by atoms with Crippen LogP contribution in [0.3, 0.4) is 0 Å². The van der Waals surface area contributed by atoms with E-state index in [4.69, 9.17) is 9.47 Å². The minimum atomic E-state index is -3.59. The van der Waals surface area contributed by atoms with E-state index in [1.165, 1.54) is 4.31 Å². The monoisotopic (exact) mass is 418 g/mol. The minimum absolute atomic E-state index is 0.0903. The molecule has 2 aromatic carbocycles. The second-order valence-corrected chi connectivity index (χ2v) is 8.97. The van der Waals surface area contributed by atoms with Crippen molar-refractivity contribution in [3.05, 3.63) is 48.0 Å². The zero-order chi connectivity index (χ0) is 21.0. The molecule has 156 valence electrons. The number of ether oxygens (including phenoxy) is 2. The third-order valence-corrected chi connectivity index (χ3v) is 7.08. The zero-order valence-electron chi connectivity index (χ0n) is 16.8. The molecule has 1 fully saturated rings. The molecular formula is C21H26N2O5S. The molecule has 0 atom stereocenters. The van der Waals surface area contributed by atoms with Crippen LogP contribution in [-0.2, 0) is 14.8 Å². The van der Waals surface area contributed by atoms with Crippen LogP contribution in [0.25, 0.3) is 0 Å². The van der Waals surface area contributed by atoms with Gasteiger partial charge in [0.05, 0.1) is 19.1 Å². The van der Waals surface area contributed by atoms with Crippen LogP contribution in [-0.4, -0.2) is 45.9 Å². The van der Waals surface area contributed by atoms with Gasteiger partial charge in [0.2, 0.25) is 15.9 Å². The van der Waals surface area contributed by atoms with Gasteiger partial charge < -0.3 is 14.8 Å². The molecule has 1 aliphatic heterocycles. The van der Waals surface area contributed by atoms with Crippen LogP contribution >= 0.6 is 0 Å². The first-order valence-electron chi connectivity index (χ1n) is 9.45. The molecule has 0 bridgehead atoms. The van der Waals surface area contributed by atoms with Gasteiger partial charge in [0.15, 0.2) is 0 Å². The average Bonchev–Trinajstić information content (AvgIpc) is 2.74. The number of sulfonamides is 1. The number of nitrogens with zero attached hydrogens (tertiary/aromatic N) is 1. The molecule has 1 heterocycles. The van der Waals surface area contributed by atoms with Crippen LogP contribution in [0.1, 0.15) is 18.4 Å². The number of carbonyl (C=O) groups is 1. The van der Waals surface area contributed by atoms with Gasteiger partial charge in [0.25, 0.3) is 0 Å². The van der Waals surface area contributed by atoms with Crippen molar-refractivity contribution < 1.29 is 22.7 Å². The van der Waals surface area contributed by atoms with Crippen LogP contribution in [0, 0.1) is 12.8 Å². The first-order valence-corrected chi connectivity index (χ1v) is 10.9. The summed E-state index contributed by atoms with van der Waals surface area (Å²) in [4.78, 5) is 12.8. The average molecular weight is 419 g/mol. The Hall–Kier alpha value is -2.58. The van der Waals surface area contributed by atoms with E-state index >= 15 is 0 Å². The molecule has 0 aromatic heterocycles. The van der Waals surface area contributed by atoms with Gasteiger partial charge in [-0.3, -0.25) is 4.79 Å². The number of hydrogen-bond acceptors (Lipinski definition) is 5. The SMILES string of the molecule is COc1ccc(NC(=O)C2CCN(S(=O)(=O)c3ccc(OC)c(C)c3)CC2)cc1.